The van der Waals surface area contributed by atoms with E-state index >= 15 is 0 Å². The number of carbonyl (C=O) groups excluding carboxylic acids is 1. The molecule has 0 spiro atoms. The minimum atomic E-state index is -0.863. The molecule has 0 radical (unpaired) electrons. The molecule has 3 rings (SSSR count). The fourth-order valence-corrected chi connectivity index (χ4v) is 4.00. The number of hydrogen-bond acceptors (Lipinski definition) is 7. The third kappa shape index (κ3) is 4.99. The van der Waals surface area contributed by atoms with Crippen molar-refractivity contribution in [2.75, 3.05) is 0 Å². The maximum Gasteiger partial charge on any atom is 0.174 e. The van der Waals surface area contributed by atoms with Crippen LogP contribution in [-0.4, -0.2) is 36.9 Å². The number of benzene rings is 2. The standard InChI is InChI=1S/C25H30O7/c1-13(2)14(7-8-25(3,4)31)9-17-19(28)11-20(29)23-21(30)12-22(32-24(17)23)16-6-5-15(26)10-18(16)27/h5-6,10-11,14,22,26-29,31H,1,7-9,12H2,2-4H3/t14-,22-/m1/s1. The van der Waals surface area contributed by atoms with E-state index in [0.29, 0.717) is 30.4 Å². The van der Waals surface area contributed by atoms with Gasteiger partial charge in [0.2, 0.25) is 0 Å². The van der Waals surface area contributed by atoms with Crippen molar-refractivity contribution in [1.82, 2.24) is 0 Å². The van der Waals surface area contributed by atoms with Crippen LogP contribution < -0.4 is 4.74 Å². The van der Waals surface area contributed by atoms with E-state index in [1.54, 1.807) is 13.8 Å². The van der Waals surface area contributed by atoms with Crippen molar-refractivity contribution in [3.63, 3.8) is 0 Å². The smallest absolute Gasteiger partial charge is 0.174 e. The van der Waals surface area contributed by atoms with Crippen molar-refractivity contribution in [2.24, 2.45) is 5.92 Å². The van der Waals surface area contributed by atoms with Crippen LogP contribution in [0.5, 0.6) is 28.7 Å². The molecule has 0 saturated carbocycles. The lowest BCUT2D eigenvalue weighted by atomic mass is 9.84. The zero-order valence-corrected chi connectivity index (χ0v) is 18.6. The number of aromatic hydroxyl groups is 4. The minimum absolute atomic E-state index is 0.00438. The third-order valence-electron chi connectivity index (χ3n) is 5.86. The molecular formula is C25H30O7. The van der Waals surface area contributed by atoms with Gasteiger partial charge in [0.25, 0.3) is 0 Å². The summed E-state index contributed by atoms with van der Waals surface area (Å²) in [6.07, 6.45) is 0.433. The van der Waals surface area contributed by atoms with E-state index in [9.17, 15) is 30.3 Å². The number of Topliss-reactive ketones (excluding diaryl/α,β-unsaturated/α-hetero) is 1. The van der Waals surface area contributed by atoms with Gasteiger partial charge in [0.1, 0.15) is 40.4 Å². The quantitative estimate of drug-likeness (QED) is 0.399. The van der Waals surface area contributed by atoms with Gasteiger partial charge in [0.15, 0.2) is 5.78 Å². The van der Waals surface area contributed by atoms with Crippen molar-refractivity contribution in [3.8, 4) is 28.7 Å². The van der Waals surface area contributed by atoms with E-state index in [1.807, 2.05) is 6.92 Å². The van der Waals surface area contributed by atoms with Crippen LogP contribution in [0.15, 0.2) is 36.4 Å². The lowest BCUT2D eigenvalue weighted by molar-refractivity contribution is 0.0650. The highest BCUT2D eigenvalue weighted by molar-refractivity contribution is 6.03. The Balaban J connectivity index is 2.02. The molecule has 7 heteroatoms. The van der Waals surface area contributed by atoms with Crippen molar-refractivity contribution in [3.05, 3.63) is 53.1 Å². The second-order valence-corrected chi connectivity index (χ2v) is 9.17. The Morgan fingerprint density at radius 1 is 1.16 bits per heavy atom. The second kappa shape index (κ2) is 8.74. The molecule has 0 aliphatic carbocycles. The van der Waals surface area contributed by atoms with Gasteiger partial charge >= 0.3 is 0 Å². The van der Waals surface area contributed by atoms with Crippen LogP contribution in [0.1, 0.15) is 67.6 Å². The van der Waals surface area contributed by atoms with Crippen molar-refractivity contribution >= 4 is 5.78 Å². The fourth-order valence-electron chi connectivity index (χ4n) is 4.00. The molecule has 1 aliphatic heterocycles. The van der Waals surface area contributed by atoms with E-state index in [0.717, 1.165) is 17.7 Å². The number of aliphatic hydroxyl groups is 1. The Bertz CT molecular complexity index is 1050. The molecule has 0 aromatic heterocycles. The van der Waals surface area contributed by atoms with Gasteiger partial charge in [-0.05, 0) is 58.1 Å². The highest BCUT2D eigenvalue weighted by atomic mass is 16.5. The summed E-state index contributed by atoms with van der Waals surface area (Å²) in [6.45, 7) is 9.34. The number of carbonyl (C=O) groups is 1. The van der Waals surface area contributed by atoms with Gasteiger partial charge in [-0.1, -0.05) is 12.2 Å². The zero-order valence-electron chi connectivity index (χ0n) is 18.6. The van der Waals surface area contributed by atoms with Crippen molar-refractivity contribution < 1.29 is 35.1 Å². The van der Waals surface area contributed by atoms with Gasteiger partial charge in [0.05, 0.1) is 12.0 Å². The Hall–Kier alpha value is -3.19. The molecule has 7 nitrogen and oxygen atoms in total. The Kier molecular flexibility index (Phi) is 6.41. The predicted molar refractivity (Wildman–Crippen MR) is 119 cm³/mol. The van der Waals surface area contributed by atoms with Crippen LogP contribution in [0, 0.1) is 5.92 Å². The Morgan fingerprint density at radius 2 is 1.84 bits per heavy atom. The monoisotopic (exact) mass is 442 g/mol. The van der Waals surface area contributed by atoms with Crippen molar-refractivity contribution in [2.45, 2.75) is 58.2 Å². The van der Waals surface area contributed by atoms with Crippen molar-refractivity contribution in [1.29, 1.82) is 0 Å². The number of allylic oxidation sites excluding steroid dienone is 1. The van der Waals surface area contributed by atoms with Gasteiger partial charge in [-0.3, -0.25) is 4.79 Å². The summed E-state index contributed by atoms with van der Waals surface area (Å²) in [5, 5.41) is 50.9. The SMILES string of the molecule is C=C(C)[C@H](CCC(C)(C)O)Cc1c(O)cc(O)c2c1O[C@@H](c1ccc(O)cc1O)CC2=O. The highest BCUT2D eigenvalue weighted by Gasteiger charge is 2.35. The summed E-state index contributed by atoms with van der Waals surface area (Å²) in [7, 11) is 0. The molecule has 0 bridgehead atoms. The van der Waals surface area contributed by atoms with Gasteiger partial charge in [0, 0.05) is 23.3 Å². The molecule has 0 amide bonds. The Labute approximate surface area is 187 Å². The first-order chi connectivity index (χ1) is 14.9. The first kappa shape index (κ1) is 23.5. The molecule has 1 heterocycles. The summed E-state index contributed by atoms with van der Waals surface area (Å²) in [5.41, 5.74) is 0.658. The maximum absolute atomic E-state index is 12.9. The van der Waals surface area contributed by atoms with E-state index in [-0.39, 0.29) is 52.4 Å². The van der Waals surface area contributed by atoms with Gasteiger partial charge < -0.3 is 30.3 Å². The molecule has 1 aliphatic rings. The summed E-state index contributed by atoms with van der Waals surface area (Å²) in [6, 6.07) is 5.15. The lowest BCUT2D eigenvalue weighted by Gasteiger charge is -2.30. The largest absolute Gasteiger partial charge is 0.508 e. The number of ketones is 1. The summed E-state index contributed by atoms with van der Waals surface area (Å²) < 4.78 is 6.07. The highest BCUT2D eigenvalue weighted by Crippen LogP contribution is 2.47. The summed E-state index contributed by atoms with van der Waals surface area (Å²) >= 11 is 0. The average Bonchev–Trinajstić information content (AvgIpc) is 2.65. The van der Waals surface area contributed by atoms with Crippen LogP contribution in [0.3, 0.4) is 0 Å². The normalized spacial score (nSPS) is 16.9. The molecule has 0 unspecified atom stereocenters. The number of phenols is 4. The molecular weight excluding hydrogens is 412 g/mol. The molecule has 2 atom stereocenters. The zero-order chi connectivity index (χ0) is 23.8. The summed E-state index contributed by atoms with van der Waals surface area (Å²) in [4.78, 5) is 12.9. The van der Waals surface area contributed by atoms with Crippen LogP contribution in [0.4, 0.5) is 0 Å². The van der Waals surface area contributed by atoms with E-state index < -0.39 is 11.7 Å². The number of phenolic OH excluding ortho intramolecular Hbond substituents is 4. The maximum atomic E-state index is 12.9. The number of ether oxygens (including phenoxy) is 1. The molecule has 2 aromatic rings. The molecule has 2 aromatic carbocycles. The first-order valence-corrected chi connectivity index (χ1v) is 10.5. The predicted octanol–water partition coefficient (Wildman–Crippen LogP) is 4.50. The van der Waals surface area contributed by atoms with E-state index in [4.69, 9.17) is 4.74 Å². The summed E-state index contributed by atoms with van der Waals surface area (Å²) in [5.74, 6) is -1.34. The van der Waals surface area contributed by atoms with Crippen LogP contribution in [0.2, 0.25) is 0 Å². The number of hydrogen-bond donors (Lipinski definition) is 5. The lowest BCUT2D eigenvalue weighted by Crippen LogP contribution is -2.23. The molecule has 32 heavy (non-hydrogen) atoms. The molecule has 0 saturated heterocycles. The van der Waals surface area contributed by atoms with E-state index in [1.165, 1.54) is 12.1 Å². The molecule has 172 valence electrons. The number of rotatable bonds is 7. The van der Waals surface area contributed by atoms with Crippen LogP contribution in [-0.2, 0) is 6.42 Å². The topological polar surface area (TPSA) is 127 Å². The van der Waals surface area contributed by atoms with Crippen LogP contribution >= 0.6 is 0 Å². The fraction of sp³-hybridized carbons (Fsp3) is 0.400. The van der Waals surface area contributed by atoms with Crippen LogP contribution in [0.25, 0.3) is 0 Å². The molecule has 0 fully saturated rings. The molecule has 5 N–H and O–H groups in total. The number of fused-ring (bicyclic) bond motifs is 1. The first-order valence-electron chi connectivity index (χ1n) is 10.5. The van der Waals surface area contributed by atoms with Gasteiger partial charge in [-0.15, -0.1) is 0 Å². The average molecular weight is 443 g/mol. The van der Waals surface area contributed by atoms with E-state index in [2.05, 4.69) is 6.58 Å². The van der Waals surface area contributed by atoms with Gasteiger partial charge in [-0.2, -0.15) is 0 Å². The third-order valence-corrected chi connectivity index (χ3v) is 5.86. The second-order valence-electron chi connectivity index (χ2n) is 9.17. The minimum Gasteiger partial charge on any atom is -0.508 e. The Morgan fingerprint density at radius 3 is 2.44 bits per heavy atom. The van der Waals surface area contributed by atoms with Gasteiger partial charge in [-0.25, -0.2) is 0 Å².